The van der Waals surface area contributed by atoms with Crippen LogP contribution in [0.2, 0.25) is 12.6 Å². The number of hydrogen-bond acceptors (Lipinski definition) is 7. The Hall–Kier alpha value is -1.42. The molecule has 0 saturated carbocycles. The molecule has 1 amide bonds. The molecule has 140 valence electrons. The van der Waals surface area contributed by atoms with E-state index in [1.165, 1.54) is 0 Å². The molecule has 0 heterocycles. The highest BCUT2D eigenvalue weighted by Gasteiger charge is 2.27. The number of hydrogen-bond donors (Lipinski definition) is 1. The van der Waals surface area contributed by atoms with Crippen LogP contribution in [-0.2, 0) is 23.1 Å². The Bertz CT molecular complexity index is 415. The van der Waals surface area contributed by atoms with E-state index in [-0.39, 0.29) is 19.9 Å². The number of nitrogens with one attached hydrogen (secondary N) is 1. The molecule has 0 spiro atoms. The number of rotatable bonds is 12. The molecular formula is C15H30N2O6Si. The molecular weight excluding hydrogens is 332 g/mol. The summed E-state index contributed by atoms with van der Waals surface area (Å²) in [5.41, 5.74) is 0.320. The van der Waals surface area contributed by atoms with Crippen LogP contribution >= 0.6 is 0 Å². The van der Waals surface area contributed by atoms with Crippen LogP contribution in [0.3, 0.4) is 0 Å². The molecule has 0 aliphatic heterocycles. The molecule has 0 bridgehead atoms. The first kappa shape index (κ1) is 22.6. The third kappa shape index (κ3) is 10.4. The van der Waals surface area contributed by atoms with Crippen LogP contribution < -0.4 is 5.32 Å². The third-order valence-electron chi connectivity index (χ3n) is 3.40. The minimum Gasteiger partial charge on any atom is -0.460 e. The lowest BCUT2D eigenvalue weighted by atomic mass is 10.4. The Balaban J connectivity index is 3.75. The number of esters is 1. The molecule has 0 rings (SSSR count). The van der Waals surface area contributed by atoms with E-state index in [0.29, 0.717) is 5.57 Å². The summed E-state index contributed by atoms with van der Waals surface area (Å²) in [5.74, 6) is -0.479. The van der Waals surface area contributed by atoms with Gasteiger partial charge in [0.15, 0.2) is 0 Å². The number of carbonyl (C=O) groups is 2. The molecule has 0 fully saturated rings. The lowest BCUT2D eigenvalue weighted by Gasteiger charge is -2.24. The van der Waals surface area contributed by atoms with E-state index in [1.807, 2.05) is 18.5 Å². The summed E-state index contributed by atoms with van der Waals surface area (Å²) in [6.07, 6.45) is 0.337. The number of carbonyl (C=O) groups excluding carboxylic acids is 2. The van der Waals surface area contributed by atoms with Crippen molar-refractivity contribution < 1.29 is 27.9 Å². The molecule has 0 aliphatic carbocycles. The van der Waals surface area contributed by atoms with Crippen molar-refractivity contribution in [3.63, 3.8) is 0 Å². The van der Waals surface area contributed by atoms with Crippen molar-refractivity contribution in [1.82, 2.24) is 10.2 Å². The molecule has 0 saturated heterocycles. The van der Waals surface area contributed by atoms with Gasteiger partial charge in [0.05, 0.1) is 6.54 Å². The van der Waals surface area contributed by atoms with Gasteiger partial charge in [-0.05, 0) is 33.0 Å². The van der Waals surface area contributed by atoms with E-state index < -0.39 is 20.6 Å². The predicted molar refractivity (Wildman–Crippen MR) is 92.8 cm³/mol. The van der Waals surface area contributed by atoms with Crippen LogP contribution in [0.4, 0.5) is 4.79 Å². The van der Waals surface area contributed by atoms with Crippen molar-refractivity contribution in [3.8, 4) is 0 Å². The maximum Gasteiger partial charge on any atom is 0.408 e. The van der Waals surface area contributed by atoms with E-state index in [0.717, 1.165) is 19.0 Å². The zero-order valence-corrected chi connectivity index (χ0v) is 16.3. The monoisotopic (exact) mass is 362 g/mol. The van der Waals surface area contributed by atoms with Gasteiger partial charge in [-0.15, -0.1) is 0 Å². The maximum atomic E-state index is 11.5. The summed E-state index contributed by atoms with van der Waals surface area (Å²) in [6, 6.07) is 0.866. The highest BCUT2D eigenvalue weighted by molar-refractivity contribution is 6.65. The number of nitrogens with zero attached hydrogens (tertiary/aromatic N) is 1. The summed E-state index contributed by atoms with van der Waals surface area (Å²) in [4.78, 5) is 24.5. The largest absolute Gasteiger partial charge is 0.460 e. The SMILES string of the molecule is C=C(C)C(=O)OCCNC(=O)OCN(C)CCC[Si](C)(OC)OC. The normalized spacial score (nSPS) is 11.2. The highest BCUT2D eigenvalue weighted by atomic mass is 28.4. The summed E-state index contributed by atoms with van der Waals surface area (Å²) in [6.45, 7) is 8.24. The molecule has 1 N–H and O–H groups in total. The minimum atomic E-state index is -2.04. The second-order valence-corrected chi connectivity index (χ2v) is 9.21. The Morgan fingerprint density at radius 2 is 1.83 bits per heavy atom. The van der Waals surface area contributed by atoms with Gasteiger partial charge in [0, 0.05) is 26.3 Å². The third-order valence-corrected chi connectivity index (χ3v) is 6.39. The lowest BCUT2D eigenvalue weighted by molar-refractivity contribution is -0.138. The fourth-order valence-corrected chi connectivity index (χ4v) is 3.04. The average molecular weight is 362 g/mol. The van der Waals surface area contributed by atoms with Gasteiger partial charge in [-0.25, -0.2) is 9.59 Å². The summed E-state index contributed by atoms with van der Waals surface area (Å²) >= 11 is 0. The molecule has 0 atom stereocenters. The molecule has 24 heavy (non-hydrogen) atoms. The molecule has 0 unspecified atom stereocenters. The first-order valence-corrected chi connectivity index (χ1v) is 10.3. The van der Waals surface area contributed by atoms with E-state index in [2.05, 4.69) is 11.9 Å². The van der Waals surface area contributed by atoms with Crippen LogP contribution in [0, 0.1) is 0 Å². The molecule has 0 aromatic rings. The minimum absolute atomic E-state index is 0.0773. The van der Waals surface area contributed by atoms with Gasteiger partial charge in [-0.2, -0.15) is 0 Å². The molecule has 0 aliphatic rings. The average Bonchev–Trinajstić information content (AvgIpc) is 2.56. The Morgan fingerprint density at radius 1 is 1.21 bits per heavy atom. The number of ether oxygens (including phenoxy) is 2. The quantitative estimate of drug-likeness (QED) is 0.185. The first-order chi connectivity index (χ1) is 11.2. The van der Waals surface area contributed by atoms with Crippen molar-refractivity contribution in [2.24, 2.45) is 0 Å². The molecule has 0 radical (unpaired) electrons. The molecule has 0 aromatic carbocycles. The topological polar surface area (TPSA) is 86.3 Å². The van der Waals surface area contributed by atoms with Gasteiger partial charge in [-0.1, -0.05) is 6.58 Å². The molecule has 9 heteroatoms. The van der Waals surface area contributed by atoms with Gasteiger partial charge in [-0.3, -0.25) is 4.90 Å². The van der Waals surface area contributed by atoms with Crippen molar-refractivity contribution in [1.29, 1.82) is 0 Å². The fraction of sp³-hybridized carbons (Fsp3) is 0.733. The van der Waals surface area contributed by atoms with Crippen LogP contribution in [-0.4, -0.2) is 73.2 Å². The molecule has 0 aromatic heterocycles. The second-order valence-electron chi connectivity index (χ2n) is 5.63. The zero-order valence-electron chi connectivity index (χ0n) is 15.3. The van der Waals surface area contributed by atoms with Gasteiger partial charge >= 0.3 is 20.6 Å². The van der Waals surface area contributed by atoms with Gasteiger partial charge in [0.2, 0.25) is 0 Å². The van der Waals surface area contributed by atoms with Gasteiger partial charge < -0.3 is 23.6 Å². The summed E-state index contributed by atoms with van der Waals surface area (Å²) < 4.78 is 20.7. The Kier molecular flexibility index (Phi) is 11.3. The van der Waals surface area contributed by atoms with Gasteiger partial charge in [0.1, 0.15) is 13.3 Å². The van der Waals surface area contributed by atoms with Crippen LogP contribution in [0.5, 0.6) is 0 Å². The Labute approximate surface area is 145 Å². The summed E-state index contributed by atoms with van der Waals surface area (Å²) in [5, 5.41) is 2.50. The van der Waals surface area contributed by atoms with Crippen LogP contribution in [0.25, 0.3) is 0 Å². The maximum absolute atomic E-state index is 11.5. The number of amides is 1. The van der Waals surface area contributed by atoms with E-state index >= 15 is 0 Å². The summed E-state index contributed by atoms with van der Waals surface area (Å²) in [7, 11) is 3.15. The Morgan fingerprint density at radius 3 is 2.38 bits per heavy atom. The van der Waals surface area contributed by atoms with E-state index in [4.69, 9.17) is 18.3 Å². The lowest BCUT2D eigenvalue weighted by Crippen LogP contribution is -2.37. The van der Waals surface area contributed by atoms with Crippen LogP contribution in [0.1, 0.15) is 13.3 Å². The van der Waals surface area contributed by atoms with E-state index in [1.54, 1.807) is 21.1 Å². The predicted octanol–water partition coefficient (Wildman–Crippen LogP) is 1.48. The van der Waals surface area contributed by atoms with Crippen molar-refractivity contribution in [2.45, 2.75) is 25.9 Å². The standard InChI is InChI=1S/C15H30N2O6Si/c1-13(2)14(18)22-10-8-16-15(19)23-12-17(3)9-7-11-24(6,20-4)21-5/h1,7-12H2,2-6H3,(H,16,19). The smallest absolute Gasteiger partial charge is 0.408 e. The van der Waals surface area contributed by atoms with Crippen molar-refractivity contribution in [2.75, 3.05) is 47.7 Å². The van der Waals surface area contributed by atoms with Gasteiger partial charge in [0.25, 0.3) is 0 Å². The number of alkyl carbamates (subject to hydrolysis) is 1. The second kappa shape index (κ2) is 12.0. The fourth-order valence-electron chi connectivity index (χ4n) is 1.66. The zero-order chi connectivity index (χ0) is 18.6. The highest BCUT2D eigenvalue weighted by Crippen LogP contribution is 2.13. The molecule has 8 nitrogen and oxygen atoms in total. The van der Waals surface area contributed by atoms with Crippen molar-refractivity contribution in [3.05, 3.63) is 12.2 Å². The van der Waals surface area contributed by atoms with E-state index in [9.17, 15) is 9.59 Å². The first-order valence-electron chi connectivity index (χ1n) is 7.76. The van der Waals surface area contributed by atoms with Crippen molar-refractivity contribution >= 4 is 20.6 Å². The van der Waals surface area contributed by atoms with Crippen LogP contribution in [0.15, 0.2) is 12.2 Å².